The number of amides is 1. The Balaban J connectivity index is 0.00000261. The lowest BCUT2D eigenvalue weighted by molar-refractivity contribution is 0.0658. The maximum atomic E-state index is 13.2. The molecule has 0 unspecified atom stereocenters. The van der Waals surface area contributed by atoms with Gasteiger partial charge in [-0.1, -0.05) is 12.1 Å². The Morgan fingerprint density at radius 2 is 1.93 bits per heavy atom. The van der Waals surface area contributed by atoms with Gasteiger partial charge in [-0.25, -0.2) is 4.39 Å². The minimum Gasteiger partial charge on any atom is -0.459 e. The molecule has 1 aliphatic rings. The number of nitrogens with one attached hydrogen (secondary N) is 1. The SMILES string of the molecule is CN=C(NCCc1cccc(F)c1)N1CCN(C(=O)c2ccco2)CC1.I. The number of carbonyl (C=O) groups excluding carboxylic acids is 1. The van der Waals surface area contributed by atoms with E-state index >= 15 is 0 Å². The number of rotatable bonds is 4. The lowest BCUT2D eigenvalue weighted by Crippen LogP contribution is -2.54. The van der Waals surface area contributed by atoms with Crippen molar-refractivity contribution in [2.45, 2.75) is 6.42 Å². The highest BCUT2D eigenvalue weighted by molar-refractivity contribution is 14.0. The zero-order valence-electron chi connectivity index (χ0n) is 15.2. The highest BCUT2D eigenvalue weighted by Gasteiger charge is 2.24. The minimum absolute atomic E-state index is 0. The van der Waals surface area contributed by atoms with Crippen molar-refractivity contribution in [2.75, 3.05) is 39.8 Å². The van der Waals surface area contributed by atoms with Crippen LogP contribution in [-0.4, -0.2) is 61.4 Å². The number of carbonyl (C=O) groups is 1. The number of hydrogen-bond acceptors (Lipinski definition) is 3. The van der Waals surface area contributed by atoms with Crippen molar-refractivity contribution in [1.82, 2.24) is 15.1 Å². The van der Waals surface area contributed by atoms with E-state index in [4.69, 9.17) is 4.42 Å². The third-order valence-corrected chi connectivity index (χ3v) is 4.40. The highest BCUT2D eigenvalue weighted by Crippen LogP contribution is 2.10. The summed E-state index contributed by atoms with van der Waals surface area (Å²) in [5.41, 5.74) is 0.946. The van der Waals surface area contributed by atoms with Gasteiger partial charge in [-0.3, -0.25) is 9.79 Å². The van der Waals surface area contributed by atoms with Crippen molar-refractivity contribution >= 4 is 35.8 Å². The molecule has 2 aromatic rings. The molecule has 1 fully saturated rings. The van der Waals surface area contributed by atoms with Crippen molar-refractivity contribution in [3.05, 3.63) is 59.8 Å². The Morgan fingerprint density at radius 3 is 2.56 bits per heavy atom. The van der Waals surface area contributed by atoms with E-state index in [1.807, 2.05) is 6.07 Å². The standard InChI is InChI=1S/C19H23FN4O2.HI/c1-21-19(22-8-7-15-4-2-5-16(20)14-15)24-11-9-23(10-12-24)18(25)17-6-3-13-26-17;/h2-6,13-14H,7-12H2,1H3,(H,21,22);1H. The quantitative estimate of drug-likeness (QED) is 0.410. The molecule has 146 valence electrons. The molecule has 8 heteroatoms. The molecule has 1 amide bonds. The number of nitrogens with zero attached hydrogens (tertiary/aromatic N) is 3. The second kappa shape index (κ2) is 10.3. The van der Waals surface area contributed by atoms with E-state index in [9.17, 15) is 9.18 Å². The van der Waals surface area contributed by atoms with E-state index in [2.05, 4.69) is 15.2 Å². The first-order valence-corrected chi connectivity index (χ1v) is 8.70. The highest BCUT2D eigenvalue weighted by atomic mass is 127. The summed E-state index contributed by atoms with van der Waals surface area (Å²) in [6.07, 6.45) is 2.22. The molecule has 1 N–H and O–H groups in total. The van der Waals surface area contributed by atoms with Crippen molar-refractivity contribution in [3.8, 4) is 0 Å². The molecule has 1 aromatic heterocycles. The lowest BCUT2D eigenvalue weighted by Gasteiger charge is -2.36. The predicted octanol–water partition coefficient (Wildman–Crippen LogP) is 2.61. The van der Waals surface area contributed by atoms with Crippen LogP contribution in [0.1, 0.15) is 16.1 Å². The van der Waals surface area contributed by atoms with Crippen LogP contribution in [0.5, 0.6) is 0 Å². The van der Waals surface area contributed by atoms with Gasteiger partial charge in [-0.15, -0.1) is 24.0 Å². The van der Waals surface area contributed by atoms with E-state index in [-0.39, 0.29) is 35.7 Å². The van der Waals surface area contributed by atoms with Gasteiger partial charge in [0.15, 0.2) is 11.7 Å². The van der Waals surface area contributed by atoms with Crippen LogP contribution in [0.25, 0.3) is 0 Å². The molecule has 1 aromatic carbocycles. The van der Waals surface area contributed by atoms with Crippen molar-refractivity contribution in [1.29, 1.82) is 0 Å². The van der Waals surface area contributed by atoms with Crippen LogP contribution in [0.2, 0.25) is 0 Å². The summed E-state index contributed by atoms with van der Waals surface area (Å²) in [7, 11) is 1.74. The monoisotopic (exact) mass is 486 g/mol. The van der Waals surface area contributed by atoms with Crippen LogP contribution in [0.3, 0.4) is 0 Å². The zero-order valence-corrected chi connectivity index (χ0v) is 17.6. The fourth-order valence-electron chi connectivity index (χ4n) is 3.02. The average Bonchev–Trinajstić information content (AvgIpc) is 3.20. The van der Waals surface area contributed by atoms with Gasteiger partial charge >= 0.3 is 0 Å². The maximum absolute atomic E-state index is 13.2. The second-order valence-electron chi connectivity index (χ2n) is 6.11. The van der Waals surface area contributed by atoms with Crippen LogP contribution in [0.4, 0.5) is 4.39 Å². The Hall–Kier alpha value is -2.10. The molecule has 2 heterocycles. The van der Waals surface area contributed by atoms with Gasteiger partial charge in [-0.05, 0) is 36.2 Å². The average molecular weight is 486 g/mol. The predicted molar refractivity (Wildman–Crippen MR) is 113 cm³/mol. The van der Waals surface area contributed by atoms with Crippen molar-refractivity contribution in [3.63, 3.8) is 0 Å². The van der Waals surface area contributed by atoms with E-state index < -0.39 is 0 Å². The smallest absolute Gasteiger partial charge is 0.289 e. The summed E-state index contributed by atoms with van der Waals surface area (Å²) in [5, 5.41) is 3.31. The third kappa shape index (κ3) is 5.69. The first kappa shape index (κ1) is 21.2. The van der Waals surface area contributed by atoms with Crippen LogP contribution < -0.4 is 5.32 Å². The fraction of sp³-hybridized carbons (Fsp3) is 0.368. The number of piperazine rings is 1. The first-order chi connectivity index (χ1) is 12.7. The molecule has 0 aliphatic carbocycles. The topological polar surface area (TPSA) is 61.1 Å². The number of furan rings is 1. The van der Waals surface area contributed by atoms with Gasteiger partial charge in [0.05, 0.1) is 6.26 Å². The van der Waals surface area contributed by atoms with Gasteiger partial charge in [0.1, 0.15) is 5.82 Å². The van der Waals surface area contributed by atoms with Crippen molar-refractivity contribution in [2.24, 2.45) is 4.99 Å². The molecule has 1 aliphatic heterocycles. The van der Waals surface area contributed by atoms with E-state index in [1.165, 1.54) is 12.3 Å². The van der Waals surface area contributed by atoms with Gasteiger partial charge in [0, 0.05) is 39.8 Å². The molecule has 3 rings (SSSR count). The number of halogens is 2. The molecule has 6 nitrogen and oxygen atoms in total. The van der Waals surface area contributed by atoms with E-state index in [0.717, 1.165) is 11.5 Å². The summed E-state index contributed by atoms with van der Waals surface area (Å²) in [6.45, 7) is 3.30. The summed E-state index contributed by atoms with van der Waals surface area (Å²) >= 11 is 0. The third-order valence-electron chi connectivity index (χ3n) is 4.40. The van der Waals surface area contributed by atoms with E-state index in [1.54, 1.807) is 36.2 Å². The zero-order chi connectivity index (χ0) is 18.4. The van der Waals surface area contributed by atoms with E-state index in [0.29, 0.717) is 44.9 Å². The molecule has 1 saturated heterocycles. The van der Waals surface area contributed by atoms with Crippen molar-refractivity contribution < 1.29 is 13.6 Å². The van der Waals surface area contributed by atoms with Crippen LogP contribution in [-0.2, 0) is 6.42 Å². The summed E-state index contributed by atoms with van der Waals surface area (Å²) in [4.78, 5) is 20.5. The molecule has 0 spiro atoms. The van der Waals surface area contributed by atoms with Crippen LogP contribution in [0, 0.1) is 5.82 Å². The fourth-order valence-corrected chi connectivity index (χ4v) is 3.02. The van der Waals surface area contributed by atoms with Gasteiger partial charge < -0.3 is 19.5 Å². The van der Waals surface area contributed by atoms with Gasteiger partial charge in [-0.2, -0.15) is 0 Å². The Labute approximate surface area is 175 Å². The Kier molecular flexibility index (Phi) is 8.08. The largest absolute Gasteiger partial charge is 0.459 e. The number of guanidine groups is 1. The van der Waals surface area contributed by atoms with Crippen LogP contribution >= 0.6 is 24.0 Å². The van der Waals surface area contributed by atoms with Crippen LogP contribution in [0.15, 0.2) is 52.1 Å². The molecule has 0 atom stereocenters. The van der Waals surface area contributed by atoms with Gasteiger partial charge in [0.25, 0.3) is 5.91 Å². The molecular weight excluding hydrogens is 462 g/mol. The molecule has 0 radical (unpaired) electrons. The number of aliphatic imine (C=N–C) groups is 1. The normalized spacial score (nSPS) is 14.7. The molecule has 27 heavy (non-hydrogen) atoms. The minimum atomic E-state index is -0.218. The number of hydrogen-bond donors (Lipinski definition) is 1. The summed E-state index contributed by atoms with van der Waals surface area (Å²) in [6, 6.07) is 10.0. The lowest BCUT2D eigenvalue weighted by atomic mass is 10.1. The summed E-state index contributed by atoms with van der Waals surface area (Å²) in [5.74, 6) is 0.871. The molecule has 0 saturated carbocycles. The first-order valence-electron chi connectivity index (χ1n) is 8.70. The molecule has 0 bridgehead atoms. The summed E-state index contributed by atoms with van der Waals surface area (Å²) < 4.78 is 18.4. The maximum Gasteiger partial charge on any atom is 0.289 e. The van der Waals surface area contributed by atoms with Gasteiger partial charge in [0.2, 0.25) is 0 Å². The second-order valence-corrected chi connectivity index (χ2v) is 6.11. The Bertz CT molecular complexity index is 759. The number of benzene rings is 1. The molecular formula is C19H24FIN4O2. The Morgan fingerprint density at radius 1 is 1.19 bits per heavy atom.